The fourth-order valence-electron chi connectivity index (χ4n) is 3.00. The van der Waals surface area contributed by atoms with Crippen LogP contribution in [0, 0.1) is 5.92 Å². The first-order valence-electron chi connectivity index (χ1n) is 7.77. The number of hydrogen-bond acceptors (Lipinski definition) is 2. The van der Waals surface area contributed by atoms with Gasteiger partial charge in [-0.2, -0.15) is 5.10 Å². The molecule has 23 heavy (non-hydrogen) atoms. The minimum Gasteiger partial charge on any atom is -0.361 e. The second-order valence-corrected chi connectivity index (χ2v) is 5.88. The lowest BCUT2D eigenvalue weighted by Crippen LogP contribution is -2.20. The molecular weight excluding hydrogens is 286 g/mol. The Morgan fingerprint density at radius 3 is 2.78 bits per heavy atom. The zero-order valence-corrected chi connectivity index (χ0v) is 12.6. The summed E-state index contributed by atoms with van der Waals surface area (Å²) in [6.07, 6.45) is 4.49. The molecule has 0 bridgehead atoms. The van der Waals surface area contributed by atoms with Gasteiger partial charge in [0.15, 0.2) is 0 Å². The molecule has 4 nitrogen and oxygen atoms in total. The SMILES string of the molecule is O=C(NN=Cc1c[nH]c2ccccc12)[C@H]1C[C@@H]1c1ccccc1. The van der Waals surface area contributed by atoms with E-state index in [2.05, 4.69) is 27.6 Å². The lowest BCUT2D eigenvalue weighted by atomic mass is 10.1. The van der Waals surface area contributed by atoms with Crippen LogP contribution < -0.4 is 5.43 Å². The molecule has 0 radical (unpaired) electrons. The van der Waals surface area contributed by atoms with Gasteiger partial charge in [0.1, 0.15) is 0 Å². The van der Waals surface area contributed by atoms with Gasteiger partial charge < -0.3 is 4.98 Å². The van der Waals surface area contributed by atoms with Crippen molar-refractivity contribution in [2.45, 2.75) is 12.3 Å². The number of H-pyrrole nitrogens is 1. The third kappa shape index (κ3) is 2.75. The molecule has 0 saturated heterocycles. The summed E-state index contributed by atoms with van der Waals surface area (Å²) in [6.45, 7) is 0. The number of hydrogen-bond donors (Lipinski definition) is 2. The normalized spacial score (nSPS) is 20.0. The molecule has 1 aromatic heterocycles. The lowest BCUT2D eigenvalue weighted by Gasteiger charge is -1.99. The number of carbonyl (C=O) groups excluding carboxylic acids is 1. The van der Waals surface area contributed by atoms with E-state index < -0.39 is 0 Å². The molecule has 1 saturated carbocycles. The van der Waals surface area contributed by atoms with Crippen molar-refractivity contribution in [3.8, 4) is 0 Å². The van der Waals surface area contributed by atoms with E-state index in [1.165, 1.54) is 5.56 Å². The summed E-state index contributed by atoms with van der Waals surface area (Å²) in [5.74, 6) is 0.368. The average Bonchev–Trinajstić information content (AvgIpc) is 3.31. The first-order chi connectivity index (χ1) is 11.3. The van der Waals surface area contributed by atoms with E-state index in [4.69, 9.17) is 0 Å². The summed E-state index contributed by atoms with van der Waals surface area (Å²) in [5.41, 5.74) is 5.92. The van der Waals surface area contributed by atoms with Crippen molar-refractivity contribution in [3.05, 3.63) is 71.9 Å². The summed E-state index contributed by atoms with van der Waals surface area (Å²) in [6, 6.07) is 18.2. The van der Waals surface area contributed by atoms with E-state index in [9.17, 15) is 4.79 Å². The molecule has 0 unspecified atom stereocenters. The van der Waals surface area contributed by atoms with Gasteiger partial charge in [-0.3, -0.25) is 4.79 Å². The van der Waals surface area contributed by atoms with Gasteiger partial charge in [-0.05, 0) is 24.0 Å². The predicted molar refractivity (Wildman–Crippen MR) is 91.3 cm³/mol. The number of nitrogens with one attached hydrogen (secondary N) is 2. The van der Waals surface area contributed by atoms with Crippen molar-refractivity contribution in [2.75, 3.05) is 0 Å². The van der Waals surface area contributed by atoms with E-state index in [0.29, 0.717) is 5.92 Å². The molecule has 1 amide bonds. The molecule has 0 aliphatic heterocycles. The first-order valence-corrected chi connectivity index (χ1v) is 7.77. The predicted octanol–water partition coefficient (Wildman–Crippen LogP) is 3.42. The highest BCUT2D eigenvalue weighted by Gasteiger charge is 2.43. The number of rotatable bonds is 4. The number of aromatic nitrogens is 1. The largest absolute Gasteiger partial charge is 0.361 e. The highest BCUT2D eigenvalue weighted by atomic mass is 16.2. The number of fused-ring (bicyclic) bond motifs is 1. The van der Waals surface area contributed by atoms with Gasteiger partial charge in [0.25, 0.3) is 0 Å². The molecule has 4 rings (SSSR count). The van der Waals surface area contributed by atoms with Crippen LogP contribution in [0.3, 0.4) is 0 Å². The highest BCUT2D eigenvalue weighted by Crippen LogP contribution is 2.47. The second-order valence-electron chi connectivity index (χ2n) is 5.88. The van der Waals surface area contributed by atoms with Crippen molar-refractivity contribution in [2.24, 2.45) is 11.0 Å². The van der Waals surface area contributed by atoms with Crippen molar-refractivity contribution in [1.82, 2.24) is 10.4 Å². The van der Waals surface area contributed by atoms with Crippen LogP contribution in [0.15, 0.2) is 65.9 Å². The van der Waals surface area contributed by atoms with E-state index in [1.54, 1.807) is 6.21 Å². The second kappa shape index (κ2) is 5.72. The molecule has 3 aromatic rings. The smallest absolute Gasteiger partial charge is 0.243 e. The van der Waals surface area contributed by atoms with Crippen LogP contribution in [-0.2, 0) is 4.79 Å². The number of aromatic amines is 1. The average molecular weight is 303 g/mol. The summed E-state index contributed by atoms with van der Waals surface area (Å²) >= 11 is 0. The number of para-hydroxylation sites is 1. The minimum absolute atomic E-state index is 0.00468. The minimum atomic E-state index is -0.00468. The molecule has 2 aromatic carbocycles. The zero-order chi connectivity index (χ0) is 15.6. The molecule has 114 valence electrons. The van der Waals surface area contributed by atoms with Crippen LogP contribution in [-0.4, -0.2) is 17.1 Å². The molecule has 1 fully saturated rings. The van der Waals surface area contributed by atoms with Gasteiger partial charge in [0.2, 0.25) is 5.91 Å². The van der Waals surface area contributed by atoms with Crippen LogP contribution in [0.5, 0.6) is 0 Å². The van der Waals surface area contributed by atoms with Crippen LogP contribution in [0.2, 0.25) is 0 Å². The van der Waals surface area contributed by atoms with E-state index >= 15 is 0 Å². The maximum atomic E-state index is 12.1. The Balaban J connectivity index is 1.39. The van der Waals surface area contributed by atoms with Gasteiger partial charge in [0.05, 0.1) is 6.21 Å². The summed E-state index contributed by atoms with van der Waals surface area (Å²) in [4.78, 5) is 15.3. The van der Waals surface area contributed by atoms with Crippen LogP contribution in [0.25, 0.3) is 10.9 Å². The Labute approximate surface area is 134 Å². The third-order valence-electron chi connectivity index (χ3n) is 4.35. The number of amides is 1. The summed E-state index contributed by atoms with van der Waals surface area (Å²) in [7, 11) is 0. The molecular formula is C19H17N3O. The molecule has 0 spiro atoms. The standard InChI is InChI=1S/C19H17N3O/c23-19(17-10-16(17)13-6-2-1-3-7-13)22-21-12-14-11-20-18-9-5-4-8-15(14)18/h1-9,11-12,16-17,20H,10H2,(H,22,23)/t16-,17+/m1/s1. The van der Waals surface area contributed by atoms with Gasteiger partial charge in [-0.25, -0.2) is 5.43 Å². The van der Waals surface area contributed by atoms with Crippen molar-refractivity contribution >= 4 is 23.0 Å². The Bertz CT molecular complexity index is 866. The van der Waals surface area contributed by atoms with Crippen LogP contribution in [0.1, 0.15) is 23.5 Å². The molecule has 4 heteroatoms. The van der Waals surface area contributed by atoms with Gasteiger partial charge in [-0.1, -0.05) is 48.5 Å². The van der Waals surface area contributed by atoms with E-state index in [1.807, 2.05) is 48.7 Å². The number of hydrazone groups is 1. The Hall–Kier alpha value is -2.88. The van der Waals surface area contributed by atoms with Gasteiger partial charge in [0, 0.05) is 28.6 Å². The first kappa shape index (κ1) is 13.8. The van der Waals surface area contributed by atoms with Gasteiger partial charge >= 0.3 is 0 Å². The highest BCUT2D eigenvalue weighted by molar-refractivity contribution is 5.99. The van der Waals surface area contributed by atoms with Gasteiger partial charge in [-0.15, -0.1) is 0 Å². The quantitative estimate of drug-likeness (QED) is 0.563. The summed E-state index contributed by atoms with van der Waals surface area (Å²) < 4.78 is 0. The molecule has 1 aliphatic rings. The number of nitrogens with zero attached hydrogens (tertiary/aromatic N) is 1. The fraction of sp³-hybridized carbons (Fsp3) is 0.158. The molecule has 1 aliphatic carbocycles. The molecule has 1 heterocycles. The number of benzene rings is 2. The Morgan fingerprint density at radius 1 is 1.13 bits per heavy atom. The summed E-state index contributed by atoms with van der Waals surface area (Å²) in [5, 5.41) is 5.21. The monoisotopic (exact) mass is 303 g/mol. The van der Waals surface area contributed by atoms with Crippen molar-refractivity contribution in [1.29, 1.82) is 0 Å². The van der Waals surface area contributed by atoms with Crippen LogP contribution in [0.4, 0.5) is 0 Å². The number of carbonyl (C=O) groups is 1. The van der Waals surface area contributed by atoms with Crippen molar-refractivity contribution in [3.63, 3.8) is 0 Å². The molecule has 2 N–H and O–H groups in total. The Morgan fingerprint density at radius 2 is 1.91 bits per heavy atom. The van der Waals surface area contributed by atoms with E-state index in [-0.39, 0.29) is 11.8 Å². The van der Waals surface area contributed by atoms with Crippen LogP contribution >= 0.6 is 0 Å². The van der Waals surface area contributed by atoms with Crippen molar-refractivity contribution < 1.29 is 4.79 Å². The lowest BCUT2D eigenvalue weighted by molar-refractivity contribution is -0.122. The molecule has 2 atom stereocenters. The topological polar surface area (TPSA) is 57.2 Å². The maximum absolute atomic E-state index is 12.1. The fourth-order valence-corrected chi connectivity index (χ4v) is 3.00. The third-order valence-corrected chi connectivity index (χ3v) is 4.35. The van der Waals surface area contributed by atoms with E-state index in [0.717, 1.165) is 22.9 Å². The Kier molecular flexibility index (Phi) is 3.42. The maximum Gasteiger partial charge on any atom is 0.243 e. The zero-order valence-electron chi connectivity index (χ0n) is 12.6.